The zero-order valence-electron chi connectivity index (χ0n) is 12.5. The maximum absolute atomic E-state index is 5.35. The standard InChI is InChI=1S/C17H21NO2/c1-5-13-10-14(7-9-17(13)20-4)18-16-11-15(19-3)8-6-12(16)2/h6-11,18H,5H2,1-4H3. The molecular formula is C17H21NO2. The Morgan fingerprint density at radius 3 is 2.45 bits per heavy atom. The SMILES string of the molecule is CCc1cc(Nc2cc(OC)ccc2C)ccc1OC. The van der Waals surface area contributed by atoms with Gasteiger partial charge >= 0.3 is 0 Å². The summed E-state index contributed by atoms with van der Waals surface area (Å²) >= 11 is 0. The summed E-state index contributed by atoms with van der Waals surface area (Å²) in [6.45, 7) is 4.20. The highest BCUT2D eigenvalue weighted by Crippen LogP contribution is 2.28. The fraction of sp³-hybridized carbons (Fsp3) is 0.294. The number of aryl methyl sites for hydroxylation is 2. The van der Waals surface area contributed by atoms with Crippen molar-refractivity contribution in [2.45, 2.75) is 20.3 Å². The van der Waals surface area contributed by atoms with Crippen molar-refractivity contribution in [1.82, 2.24) is 0 Å². The van der Waals surface area contributed by atoms with Gasteiger partial charge in [0.05, 0.1) is 14.2 Å². The van der Waals surface area contributed by atoms with Crippen LogP contribution >= 0.6 is 0 Å². The number of nitrogens with one attached hydrogen (secondary N) is 1. The molecular weight excluding hydrogens is 250 g/mol. The maximum atomic E-state index is 5.35. The summed E-state index contributed by atoms with van der Waals surface area (Å²) in [5.74, 6) is 1.78. The van der Waals surface area contributed by atoms with Crippen molar-refractivity contribution in [2.75, 3.05) is 19.5 Å². The molecule has 0 radical (unpaired) electrons. The minimum Gasteiger partial charge on any atom is -0.497 e. The van der Waals surface area contributed by atoms with Crippen molar-refractivity contribution in [2.24, 2.45) is 0 Å². The van der Waals surface area contributed by atoms with Crippen LogP contribution in [0.1, 0.15) is 18.1 Å². The smallest absolute Gasteiger partial charge is 0.122 e. The van der Waals surface area contributed by atoms with Gasteiger partial charge in [0.15, 0.2) is 0 Å². The molecule has 0 amide bonds. The van der Waals surface area contributed by atoms with E-state index < -0.39 is 0 Å². The molecule has 0 aliphatic carbocycles. The van der Waals surface area contributed by atoms with Gasteiger partial charge in [-0.05, 0) is 48.7 Å². The molecule has 0 aliphatic heterocycles. The van der Waals surface area contributed by atoms with Crippen molar-refractivity contribution in [1.29, 1.82) is 0 Å². The Morgan fingerprint density at radius 1 is 1.00 bits per heavy atom. The lowest BCUT2D eigenvalue weighted by molar-refractivity contribution is 0.410. The molecule has 0 aliphatic rings. The van der Waals surface area contributed by atoms with E-state index in [9.17, 15) is 0 Å². The number of hydrogen-bond donors (Lipinski definition) is 1. The normalized spacial score (nSPS) is 10.2. The van der Waals surface area contributed by atoms with Gasteiger partial charge in [-0.3, -0.25) is 0 Å². The molecule has 2 aromatic rings. The molecule has 2 rings (SSSR count). The first-order valence-corrected chi connectivity index (χ1v) is 6.76. The Hall–Kier alpha value is -2.16. The fourth-order valence-electron chi connectivity index (χ4n) is 2.15. The van der Waals surface area contributed by atoms with Crippen LogP contribution in [0.25, 0.3) is 0 Å². The number of anilines is 2. The third-order valence-electron chi connectivity index (χ3n) is 3.39. The first kappa shape index (κ1) is 14.3. The summed E-state index contributed by atoms with van der Waals surface area (Å²) < 4.78 is 10.6. The first-order chi connectivity index (χ1) is 9.67. The molecule has 0 fully saturated rings. The molecule has 0 bridgehead atoms. The van der Waals surface area contributed by atoms with Gasteiger partial charge in [-0.15, -0.1) is 0 Å². The van der Waals surface area contributed by atoms with E-state index in [1.807, 2.05) is 30.3 Å². The van der Waals surface area contributed by atoms with Gasteiger partial charge < -0.3 is 14.8 Å². The third-order valence-corrected chi connectivity index (χ3v) is 3.39. The zero-order chi connectivity index (χ0) is 14.5. The summed E-state index contributed by atoms with van der Waals surface area (Å²) in [6, 6.07) is 12.2. The van der Waals surface area contributed by atoms with Crippen LogP contribution < -0.4 is 14.8 Å². The van der Waals surface area contributed by atoms with Crippen LogP contribution in [0, 0.1) is 6.92 Å². The second-order valence-electron chi connectivity index (χ2n) is 4.69. The Bertz CT molecular complexity index is 594. The molecule has 0 unspecified atom stereocenters. The summed E-state index contributed by atoms with van der Waals surface area (Å²) in [5, 5.41) is 3.44. The van der Waals surface area contributed by atoms with Crippen LogP contribution in [0.2, 0.25) is 0 Å². The van der Waals surface area contributed by atoms with Gasteiger partial charge in [0.2, 0.25) is 0 Å². The number of rotatable bonds is 5. The monoisotopic (exact) mass is 271 g/mol. The highest BCUT2D eigenvalue weighted by molar-refractivity contribution is 5.66. The summed E-state index contributed by atoms with van der Waals surface area (Å²) in [6.07, 6.45) is 0.940. The van der Waals surface area contributed by atoms with E-state index >= 15 is 0 Å². The van der Waals surface area contributed by atoms with Crippen LogP contribution in [0.3, 0.4) is 0 Å². The topological polar surface area (TPSA) is 30.5 Å². The maximum Gasteiger partial charge on any atom is 0.122 e. The van der Waals surface area contributed by atoms with E-state index in [1.165, 1.54) is 11.1 Å². The van der Waals surface area contributed by atoms with E-state index in [-0.39, 0.29) is 0 Å². The number of benzene rings is 2. The minimum atomic E-state index is 0.849. The minimum absolute atomic E-state index is 0.849. The summed E-state index contributed by atoms with van der Waals surface area (Å²) in [7, 11) is 3.38. The Balaban J connectivity index is 2.30. The molecule has 0 heterocycles. The molecule has 0 saturated heterocycles. The molecule has 0 aromatic heterocycles. The van der Waals surface area contributed by atoms with E-state index in [1.54, 1.807) is 14.2 Å². The van der Waals surface area contributed by atoms with Gasteiger partial charge in [-0.25, -0.2) is 0 Å². The van der Waals surface area contributed by atoms with Gasteiger partial charge in [0, 0.05) is 17.4 Å². The van der Waals surface area contributed by atoms with E-state index in [2.05, 4.69) is 25.2 Å². The predicted molar refractivity (Wildman–Crippen MR) is 83.4 cm³/mol. The quantitative estimate of drug-likeness (QED) is 0.878. The van der Waals surface area contributed by atoms with Crippen molar-refractivity contribution in [3.63, 3.8) is 0 Å². The van der Waals surface area contributed by atoms with Crippen molar-refractivity contribution in [3.05, 3.63) is 47.5 Å². The van der Waals surface area contributed by atoms with Crippen molar-refractivity contribution < 1.29 is 9.47 Å². The molecule has 106 valence electrons. The van der Waals surface area contributed by atoms with Gasteiger partial charge in [0.25, 0.3) is 0 Å². The fourth-order valence-corrected chi connectivity index (χ4v) is 2.15. The molecule has 2 aromatic carbocycles. The van der Waals surface area contributed by atoms with Gasteiger partial charge in [0.1, 0.15) is 11.5 Å². The predicted octanol–water partition coefficient (Wildman–Crippen LogP) is 4.32. The van der Waals surface area contributed by atoms with Crippen LogP contribution in [0.4, 0.5) is 11.4 Å². The lowest BCUT2D eigenvalue weighted by Crippen LogP contribution is -1.97. The van der Waals surface area contributed by atoms with Gasteiger partial charge in [-0.2, -0.15) is 0 Å². The molecule has 20 heavy (non-hydrogen) atoms. The van der Waals surface area contributed by atoms with E-state index in [0.717, 1.165) is 29.3 Å². The molecule has 3 nitrogen and oxygen atoms in total. The number of ether oxygens (including phenoxy) is 2. The van der Waals surface area contributed by atoms with Crippen molar-refractivity contribution >= 4 is 11.4 Å². The average molecular weight is 271 g/mol. The van der Waals surface area contributed by atoms with Crippen LogP contribution in [-0.4, -0.2) is 14.2 Å². The average Bonchev–Trinajstić information content (AvgIpc) is 2.49. The second kappa shape index (κ2) is 6.33. The first-order valence-electron chi connectivity index (χ1n) is 6.76. The van der Waals surface area contributed by atoms with Gasteiger partial charge in [-0.1, -0.05) is 13.0 Å². The third kappa shape index (κ3) is 3.05. The molecule has 0 spiro atoms. The Kier molecular flexibility index (Phi) is 4.51. The molecule has 0 saturated carbocycles. The number of methoxy groups -OCH3 is 2. The highest BCUT2D eigenvalue weighted by Gasteiger charge is 2.05. The molecule has 3 heteroatoms. The summed E-state index contributed by atoms with van der Waals surface area (Å²) in [5.41, 5.74) is 4.48. The highest BCUT2D eigenvalue weighted by atomic mass is 16.5. The molecule has 1 N–H and O–H groups in total. The zero-order valence-corrected chi connectivity index (χ0v) is 12.5. The van der Waals surface area contributed by atoms with Crippen LogP contribution in [-0.2, 0) is 6.42 Å². The Morgan fingerprint density at radius 2 is 1.80 bits per heavy atom. The van der Waals surface area contributed by atoms with E-state index in [4.69, 9.17) is 9.47 Å². The van der Waals surface area contributed by atoms with Crippen LogP contribution in [0.5, 0.6) is 11.5 Å². The van der Waals surface area contributed by atoms with E-state index in [0.29, 0.717) is 0 Å². The molecule has 0 atom stereocenters. The lowest BCUT2D eigenvalue weighted by atomic mass is 10.1. The Labute approximate surface area is 120 Å². The summed E-state index contributed by atoms with van der Waals surface area (Å²) in [4.78, 5) is 0. The largest absolute Gasteiger partial charge is 0.497 e. The second-order valence-corrected chi connectivity index (χ2v) is 4.69. The number of hydrogen-bond acceptors (Lipinski definition) is 3. The van der Waals surface area contributed by atoms with Crippen LogP contribution in [0.15, 0.2) is 36.4 Å². The lowest BCUT2D eigenvalue weighted by Gasteiger charge is -2.13. The van der Waals surface area contributed by atoms with Crippen molar-refractivity contribution in [3.8, 4) is 11.5 Å².